The third-order valence-corrected chi connectivity index (χ3v) is 11.0. The molecule has 4 nitrogen and oxygen atoms in total. The molecule has 0 N–H and O–H groups in total. The number of amides is 1. The number of carbonyl (C=O) groups is 1. The highest BCUT2D eigenvalue weighted by Gasteiger charge is 2.43. The molecule has 1 saturated heterocycles. The van der Waals surface area contributed by atoms with Crippen molar-refractivity contribution in [3.05, 3.63) is 35.9 Å². The van der Waals surface area contributed by atoms with Crippen molar-refractivity contribution in [3.63, 3.8) is 0 Å². The van der Waals surface area contributed by atoms with Crippen LogP contribution < -0.4 is 0 Å². The van der Waals surface area contributed by atoms with Crippen LogP contribution in [0.1, 0.15) is 52.5 Å². The van der Waals surface area contributed by atoms with Gasteiger partial charge in [0.25, 0.3) is 0 Å². The van der Waals surface area contributed by atoms with Crippen molar-refractivity contribution in [1.82, 2.24) is 4.90 Å². The number of carbonyl (C=O) groups excluding carboxylic acids is 1. The minimum Gasteiger partial charge on any atom is -0.414 e. The molecule has 0 aliphatic carbocycles. The maximum Gasteiger partial charge on any atom is 0.222 e. The lowest BCUT2D eigenvalue weighted by atomic mass is 9.85. The third kappa shape index (κ3) is 5.46. The SMILES string of the molecule is CCO[C@@H](CO[Si](C)(C)C(C)(C)C)[C@H]1CN(C(=O)CC)C[C@@H]1c1ccccc1. The summed E-state index contributed by atoms with van der Waals surface area (Å²) < 4.78 is 12.7. The number of benzene rings is 1. The van der Waals surface area contributed by atoms with Gasteiger partial charge in [0.1, 0.15) is 0 Å². The zero-order chi connectivity index (χ0) is 20.9. The largest absolute Gasteiger partial charge is 0.414 e. The zero-order valence-corrected chi connectivity index (χ0v) is 19.8. The summed E-state index contributed by atoms with van der Waals surface area (Å²) in [5.74, 6) is 0.767. The van der Waals surface area contributed by atoms with Crippen molar-refractivity contribution < 1.29 is 14.0 Å². The summed E-state index contributed by atoms with van der Waals surface area (Å²) in [6.45, 7) is 18.1. The van der Waals surface area contributed by atoms with E-state index in [0.29, 0.717) is 19.6 Å². The van der Waals surface area contributed by atoms with Crippen molar-refractivity contribution in [2.45, 2.75) is 71.2 Å². The quantitative estimate of drug-likeness (QED) is 0.567. The van der Waals surface area contributed by atoms with E-state index >= 15 is 0 Å². The highest BCUT2D eigenvalue weighted by atomic mass is 28.4. The molecule has 1 aliphatic rings. The molecular formula is C23H39NO3Si. The molecule has 1 fully saturated rings. The first-order valence-corrected chi connectivity index (χ1v) is 13.6. The van der Waals surface area contributed by atoms with Gasteiger partial charge in [0.15, 0.2) is 8.32 Å². The molecule has 2 rings (SSSR count). The van der Waals surface area contributed by atoms with Crippen molar-refractivity contribution in [2.75, 3.05) is 26.3 Å². The molecule has 0 spiro atoms. The van der Waals surface area contributed by atoms with Crippen molar-refractivity contribution in [1.29, 1.82) is 0 Å². The summed E-state index contributed by atoms with van der Waals surface area (Å²) in [6, 6.07) is 10.6. The molecule has 0 saturated carbocycles. The topological polar surface area (TPSA) is 38.8 Å². The van der Waals surface area contributed by atoms with E-state index in [2.05, 4.69) is 58.1 Å². The molecule has 0 radical (unpaired) electrons. The highest BCUT2D eigenvalue weighted by molar-refractivity contribution is 6.74. The van der Waals surface area contributed by atoms with E-state index in [1.807, 2.05) is 24.8 Å². The summed E-state index contributed by atoms with van der Waals surface area (Å²) in [7, 11) is -1.86. The van der Waals surface area contributed by atoms with Crippen LogP contribution in [0.2, 0.25) is 18.1 Å². The van der Waals surface area contributed by atoms with E-state index in [-0.39, 0.29) is 28.9 Å². The molecule has 0 aromatic heterocycles. The molecule has 1 aromatic carbocycles. The zero-order valence-electron chi connectivity index (χ0n) is 18.8. The number of rotatable bonds is 8. The third-order valence-electron chi connectivity index (χ3n) is 6.52. The summed E-state index contributed by atoms with van der Waals surface area (Å²) >= 11 is 0. The van der Waals surface area contributed by atoms with Crippen LogP contribution in [0.5, 0.6) is 0 Å². The maximum atomic E-state index is 12.4. The first kappa shape index (κ1) is 23.1. The average Bonchev–Trinajstić information content (AvgIpc) is 3.09. The van der Waals surface area contributed by atoms with Gasteiger partial charge in [-0.2, -0.15) is 0 Å². The maximum absolute atomic E-state index is 12.4. The van der Waals surface area contributed by atoms with Gasteiger partial charge >= 0.3 is 0 Å². The Morgan fingerprint density at radius 1 is 1.18 bits per heavy atom. The van der Waals surface area contributed by atoms with Crippen molar-refractivity contribution in [3.8, 4) is 0 Å². The molecule has 0 unspecified atom stereocenters. The van der Waals surface area contributed by atoms with Crippen LogP contribution in [0.3, 0.4) is 0 Å². The first-order valence-electron chi connectivity index (χ1n) is 10.7. The second-order valence-corrected chi connectivity index (χ2v) is 14.2. The average molecular weight is 406 g/mol. The molecule has 1 aliphatic heterocycles. The minimum atomic E-state index is -1.86. The highest BCUT2D eigenvalue weighted by Crippen LogP contribution is 2.39. The van der Waals surface area contributed by atoms with Crippen molar-refractivity contribution >= 4 is 14.2 Å². The summed E-state index contributed by atoms with van der Waals surface area (Å²) in [4.78, 5) is 14.4. The van der Waals surface area contributed by atoms with Crippen LogP contribution >= 0.6 is 0 Å². The van der Waals surface area contributed by atoms with Gasteiger partial charge in [-0.3, -0.25) is 4.79 Å². The number of likely N-dealkylation sites (tertiary alicyclic amines) is 1. The Kier molecular flexibility index (Phi) is 7.88. The number of hydrogen-bond acceptors (Lipinski definition) is 3. The second kappa shape index (κ2) is 9.55. The monoisotopic (exact) mass is 405 g/mol. The van der Waals surface area contributed by atoms with E-state index in [1.165, 1.54) is 5.56 Å². The van der Waals surface area contributed by atoms with Crippen LogP contribution in [0, 0.1) is 5.92 Å². The Morgan fingerprint density at radius 2 is 1.82 bits per heavy atom. The van der Waals surface area contributed by atoms with Crippen LogP contribution in [-0.4, -0.2) is 51.5 Å². The van der Waals surface area contributed by atoms with E-state index < -0.39 is 8.32 Å². The predicted molar refractivity (Wildman–Crippen MR) is 118 cm³/mol. The van der Waals surface area contributed by atoms with Crippen LogP contribution in [0.15, 0.2) is 30.3 Å². The van der Waals surface area contributed by atoms with Gasteiger partial charge in [-0.15, -0.1) is 0 Å². The Balaban J connectivity index is 2.24. The molecular weight excluding hydrogens is 366 g/mol. The Hall–Kier alpha value is -1.17. The fraction of sp³-hybridized carbons (Fsp3) is 0.696. The first-order chi connectivity index (χ1) is 13.1. The Morgan fingerprint density at radius 3 is 2.36 bits per heavy atom. The lowest BCUT2D eigenvalue weighted by molar-refractivity contribution is -0.130. The van der Waals surface area contributed by atoms with E-state index in [1.54, 1.807) is 0 Å². The normalized spacial score (nSPS) is 21.8. The van der Waals surface area contributed by atoms with Gasteiger partial charge in [-0.1, -0.05) is 58.0 Å². The Labute approximate surface area is 172 Å². The van der Waals surface area contributed by atoms with Gasteiger partial charge in [-0.25, -0.2) is 0 Å². The molecule has 1 heterocycles. The minimum absolute atomic E-state index is 0.000938. The fourth-order valence-corrected chi connectivity index (χ4v) is 4.72. The smallest absolute Gasteiger partial charge is 0.222 e. The lowest BCUT2D eigenvalue weighted by Crippen LogP contribution is -2.45. The van der Waals surface area contributed by atoms with Crippen LogP contribution in [-0.2, 0) is 14.0 Å². The van der Waals surface area contributed by atoms with Gasteiger partial charge < -0.3 is 14.1 Å². The second-order valence-electron chi connectivity index (χ2n) is 9.40. The van der Waals surface area contributed by atoms with Crippen molar-refractivity contribution in [2.24, 2.45) is 5.92 Å². The summed E-state index contributed by atoms with van der Waals surface area (Å²) in [5.41, 5.74) is 1.29. The van der Waals surface area contributed by atoms with E-state index in [9.17, 15) is 4.79 Å². The van der Waals surface area contributed by atoms with E-state index in [0.717, 1.165) is 13.1 Å². The van der Waals surface area contributed by atoms with E-state index in [4.69, 9.17) is 9.16 Å². The lowest BCUT2D eigenvalue weighted by Gasteiger charge is -2.38. The van der Waals surface area contributed by atoms with Gasteiger partial charge in [-0.05, 0) is 30.6 Å². The van der Waals surface area contributed by atoms with Gasteiger partial charge in [0, 0.05) is 38.0 Å². The summed E-state index contributed by atoms with van der Waals surface area (Å²) in [5, 5.41) is 0.169. The number of ether oxygens (including phenoxy) is 1. The molecule has 1 aromatic rings. The fourth-order valence-electron chi connectivity index (χ4n) is 3.70. The molecule has 3 atom stereocenters. The summed E-state index contributed by atoms with van der Waals surface area (Å²) in [6.07, 6.45) is 0.549. The molecule has 28 heavy (non-hydrogen) atoms. The standard InChI is InChI=1S/C23H39NO3Si/c1-8-22(25)24-15-19(18-13-11-10-12-14-18)20(16-24)21(26-9-2)17-27-28(6,7)23(3,4)5/h10-14,19-21H,8-9,15-17H2,1-7H3/t19-,20+,21+/m1/s1. The molecule has 158 valence electrons. The number of nitrogens with zero attached hydrogens (tertiary/aromatic N) is 1. The van der Waals surface area contributed by atoms with Gasteiger partial charge in [0.05, 0.1) is 12.7 Å². The molecule has 0 bridgehead atoms. The Bertz CT molecular complexity index is 626. The number of hydrogen-bond donors (Lipinski definition) is 0. The molecule has 1 amide bonds. The predicted octanol–water partition coefficient (Wildman–Crippen LogP) is 5.07. The van der Waals surface area contributed by atoms with Crippen LogP contribution in [0.25, 0.3) is 0 Å². The molecule has 5 heteroatoms. The van der Waals surface area contributed by atoms with Crippen LogP contribution in [0.4, 0.5) is 0 Å². The van der Waals surface area contributed by atoms with Gasteiger partial charge in [0.2, 0.25) is 5.91 Å².